The van der Waals surface area contributed by atoms with Crippen LogP contribution >= 0.6 is 11.8 Å². The molecule has 0 aromatic heterocycles. The molecule has 1 atom stereocenters. The van der Waals surface area contributed by atoms with Gasteiger partial charge in [-0.05, 0) is 24.0 Å². The summed E-state index contributed by atoms with van der Waals surface area (Å²) >= 11 is 1.70. The molecule has 1 aromatic rings. The fourth-order valence-corrected chi connectivity index (χ4v) is 2.01. The van der Waals surface area contributed by atoms with Crippen LogP contribution in [0.15, 0.2) is 24.3 Å². The van der Waals surface area contributed by atoms with E-state index in [1.165, 1.54) is 7.11 Å². The second-order valence-corrected chi connectivity index (χ2v) is 4.73. The van der Waals surface area contributed by atoms with E-state index < -0.39 is 24.5 Å². The summed E-state index contributed by atoms with van der Waals surface area (Å²) in [6.07, 6.45) is 2.00. The van der Waals surface area contributed by atoms with Crippen LogP contribution < -0.4 is 5.32 Å². The first kappa shape index (κ1) is 15.5. The average molecular weight is 283 g/mol. The number of rotatable bonds is 6. The lowest BCUT2D eigenvalue weighted by Crippen LogP contribution is -2.44. The van der Waals surface area contributed by atoms with Gasteiger partial charge in [0.1, 0.15) is 0 Å². The van der Waals surface area contributed by atoms with Crippen LogP contribution in [0.3, 0.4) is 0 Å². The molecule has 0 spiro atoms. The Hall–Kier alpha value is -1.53. The van der Waals surface area contributed by atoms with Gasteiger partial charge in [0.25, 0.3) is 5.91 Å². The number of carbonyl (C=O) groups is 2. The molecule has 0 aliphatic carbocycles. The Labute approximate surface area is 116 Å². The molecule has 0 bridgehead atoms. The molecule has 0 heterocycles. The number of thioether (sulfide) groups is 1. The van der Waals surface area contributed by atoms with Crippen LogP contribution in [0.5, 0.6) is 0 Å². The van der Waals surface area contributed by atoms with Crippen molar-refractivity contribution in [1.29, 1.82) is 0 Å². The van der Waals surface area contributed by atoms with E-state index in [0.717, 1.165) is 11.3 Å². The van der Waals surface area contributed by atoms with E-state index >= 15 is 0 Å². The van der Waals surface area contributed by atoms with E-state index in [0.29, 0.717) is 5.56 Å². The molecule has 2 N–H and O–H groups in total. The Morgan fingerprint density at radius 1 is 1.37 bits per heavy atom. The van der Waals surface area contributed by atoms with E-state index in [1.807, 2.05) is 18.4 Å². The topological polar surface area (TPSA) is 75.6 Å². The van der Waals surface area contributed by atoms with Gasteiger partial charge in [0.2, 0.25) is 0 Å². The molecule has 0 aliphatic rings. The number of amides is 1. The van der Waals surface area contributed by atoms with Crippen molar-refractivity contribution in [3.05, 3.63) is 35.4 Å². The first-order valence-electron chi connectivity index (χ1n) is 5.69. The van der Waals surface area contributed by atoms with E-state index in [-0.39, 0.29) is 0 Å². The second kappa shape index (κ2) is 7.81. The van der Waals surface area contributed by atoms with Gasteiger partial charge in [0.15, 0.2) is 6.04 Å². The summed E-state index contributed by atoms with van der Waals surface area (Å²) in [5.41, 5.74) is 1.56. The lowest BCUT2D eigenvalue weighted by atomic mass is 10.1. The van der Waals surface area contributed by atoms with Gasteiger partial charge >= 0.3 is 5.97 Å². The van der Waals surface area contributed by atoms with Crippen LogP contribution in [0.1, 0.15) is 15.9 Å². The zero-order valence-electron chi connectivity index (χ0n) is 10.9. The molecule has 0 saturated heterocycles. The molecule has 1 amide bonds. The molecule has 0 saturated carbocycles. The van der Waals surface area contributed by atoms with Gasteiger partial charge in [-0.3, -0.25) is 4.79 Å². The highest BCUT2D eigenvalue weighted by molar-refractivity contribution is 7.97. The molecule has 0 fully saturated rings. The first-order valence-corrected chi connectivity index (χ1v) is 7.09. The first-order chi connectivity index (χ1) is 9.12. The number of benzene rings is 1. The van der Waals surface area contributed by atoms with Crippen molar-refractivity contribution in [2.75, 3.05) is 20.0 Å². The van der Waals surface area contributed by atoms with Crippen LogP contribution in [0, 0.1) is 0 Å². The van der Waals surface area contributed by atoms with Crippen LogP contribution in [0.2, 0.25) is 0 Å². The highest BCUT2D eigenvalue weighted by Crippen LogP contribution is 2.10. The molecular weight excluding hydrogens is 266 g/mol. The SMILES string of the molecule is COC(=O)C(CO)NC(=O)c1ccc(CSC)cc1. The normalized spacial score (nSPS) is 11.7. The minimum atomic E-state index is -1.04. The maximum absolute atomic E-state index is 11.9. The minimum absolute atomic E-state index is 0.417. The highest BCUT2D eigenvalue weighted by Gasteiger charge is 2.20. The maximum atomic E-state index is 11.9. The third-order valence-corrected chi connectivity index (χ3v) is 3.12. The Morgan fingerprint density at radius 2 is 2.00 bits per heavy atom. The minimum Gasteiger partial charge on any atom is -0.467 e. The molecule has 5 nitrogen and oxygen atoms in total. The van der Waals surface area contributed by atoms with Crippen molar-refractivity contribution in [2.24, 2.45) is 0 Å². The Morgan fingerprint density at radius 3 is 2.47 bits per heavy atom. The van der Waals surface area contributed by atoms with Crippen LogP contribution in [-0.2, 0) is 15.3 Å². The molecular formula is C13H17NO4S. The van der Waals surface area contributed by atoms with Gasteiger partial charge in [-0.1, -0.05) is 12.1 Å². The predicted molar refractivity (Wildman–Crippen MR) is 74.0 cm³/mol. The van der Waals surface area contributed by atoms with Crippen molar-refractivity contribution in [2.45, 2.75) is 11.8 Å². The lowest BCUT2D eigenvalue weighted by Gasteiger charge is -2.13. The number of methoxy groups -OCH3 is 1. The number of aliphatic hydroxyl groups is 1. The van der Waals surface area contributed by atoms with Crippen LogP contribution in [0.4, 0.5) is 0 Å². The highest BCUT2D eigenvalue weighted by atomic mass is 32.2. The summed E-state index contributed by atoms with van der Waals surface area (Å²) in [6, 6.07) is 6.05. The van der Waals surface area contributed by atoms with Crippen molar-refractivity contribution >= 4 is 23.6 Å². The third kappa shape index (κ3) is 4.57. The second-order valence-electron chi connectivity index (χ2n) is 3.86. The molecule has 6 heteroatoms. The molecule has 0 radical (unpaired) electrons. The fraction of sp³-hybridized carbons (Fsp3) is 0.385. The van der Waals surface area contributed by atoms with Gasteiger partial charge in [0.05, 0.1) is 13.7 Å². The predicted octanol–water partition coefficient (Wildman–Crippen LogP) is 0.813. The van der Waals surface area contributed by atoms with E-state index in [1.54, 1.807) is 23.9 Å². The van der Waals surface area contributed by atoms with E-state index in [9.17, 15) is 9.59 Å². The zero-order valence-corrected chi connectivity index (χ0v) is 11.7. The molecule has 19 heavy (non-hydrogen) atoms. The number of aliphatic hydroxyl groups excluding tert-OH is 1. The standard InChI is InChI=1S/C13H17NO4S/c1-18-13(17)11(7-15)14-12(16)10-5-3-9(4-6-10)8-19-2/h3-6,11,15H,7-8H2,1-2H3,(H,14,16). The third-order valence-electron chi connectivity index (χ3n) is 2.50. The Kier molecular flexibility index (Phi) is 6.38. The summed E-state index contributed by atoms with van der Waals surface area (Å²) < 4.78 is 4.47. The van der Waals surface area contributed by atoms with Crippen molar-refractivity contribution in [3.8, 4) is 0 Å². The van der Waals surface area contributed by atoms with Gasteiger partial charge in [-0.25, -0.2) is 4.79 Å². The van der Waals surface area contributed by atoms with Gasteiger partial charge in [-0.2, -0.15) is 11.8 Å². The van der Waals surface area contributed by atoms with Crippen LogP contribution in [-0.4, -0.2) is 43.0 Å². The summed E-state index contributed by atoms with van der Waals surface area (Å²) in [6.45, 7) is -0.497. The lowest BCUT2D eigenvalue weighted by molar-refractivity contribution is -0.143. The van der Waals surface area contributed by atoms with Gasteiger partial charge < -0.3 is 15.2 Å². The summed E-state index contributed by atoms with van der Waals surface area (Å²) in [5.74, 6) is -0.210. The molecule has 1 aromatic carbocycles. The van der Waals surface area contributed by atoms with Gasteiger partial charge in [-0.15, -0.1) is 0 Å². The summed E-state index contributed by atoms with van der Waals surface area (Å²) in [7, 11) is 1.20. The molecule has 1 rings (SSSR count). The van der Waals surface area contributed by atoms with E-state index in [4.69, 9.17) is 5.11 Å². The number of esters is 1. The van der Waals surface area contributed by atoms with E-state index in [2.05, 4.69) is 10.1 Å². The van der Waals surface area contributed by atoms with Crippen molar-refractivity contribution < 1.29 is 19.4 Å². The monoisotopic (exact) mass is 283 g/mol. The zero-order chi connectivity index (χ0) is 14.3. The van der Waals surface area contributed by atoms with Gasteiger partial charge in [0, 0.05) is 11.3 Å². The Balaban J connectivity index is 2.69. The smallest absolute Gasteiger partial charge is 0.330 e. The summed E-state index contributed by atoms with van der Waals surface area (Å²) in [4.78, 5) is 23.1. The molecule has 1 unspecified atom stereocenters. The molecule has 104 valence electrons. The largest absolute Gasteiger partial charge is 0.467 e. The fourth-order valence-electron chi connectivity index (χ4n) is 1.48. The number of hydrogen-bond donors (Lipinski definition) is 2. The maximum Gasteiger partial charge on any atom is 0.330 e. The Bertz CT molecular complexity index is 433. The number of ether oxygens (including phenoxy) is 1. The number of carbonyl (C=O) groups excluding carboxylic acids is 2. The van der Waals surface area contributed by atoms with Crippen molar-refractivity contribution in [3.63, 3.8) is 0 Å². The number of nitrogens with one attached hydrogen (secondary N) is 1. The quantitative estimate of drug-likeness (QED) is 0.756. The van der Waals surface area contributed by atoms with Crippen molar-refractivity contribution in [1.82, 2.24) is 5.32 Å². The van der Waals surface area contributed by atoms with Crippen LogP contribution in [0.25, 0.3) is 0 Å². The summed E-state index contributed by atoms with van der Waals surface area (Å²) in [5, 5.41) is 11.4. The number of hydrogen-bond acceptors (Lipinski definition) is 5. The molecule has 0 aliphatic heterocycles. The average Bonchev–Trinajstić information content (AvgIpc) is 2.44.